The van der Waals surface area contributed by atoms with Crippen LogP contribution in [0, 0.1) is 5.92 Å². The molecular formula is C36H39N3O12. The Bertz CT molecular complexity index is 2070. The highest BCUT2D eigenvalue weighted by Crippen LogP contribution is 2.30. The second kappa shape index (κ2) is 14.9. The van der Waals surface area contributed by atoms with Crippen molar-refractivity contribution >= 4 is 33.8 Å². The van der Waals surface area contributed by atoms with Crippen LogP contribution in [-0.4, -0.2) is 92.5 Å². The van der Waals surface area contributed by atoms with Crippen LogP contribution < -0.4 is 20.3 Å². The predicted octanol–water partition coefficient (Wildman–Crippen LogP) is 2.58. The molecule has 270 valence electrons. The first kappa shape index (κ1) is 35.5. The summed E-state index contributed by atoms with van der Waals surface area (Å²) in [5.41, 5.74) is 2.35. The summed E-state index contributed by atoms with van der Waals surface area (Å²) in [5.74, 6) is -1.99. The second-order valence-corrected chi connectivity index (χ2v) is 12.7. The van der Waals surface area contributed by atoms with Crippen LogP contribution in [0.5, 0.6) is 11.5 Å². The zero-order chi connectivity index (χ0) is 36.4. The Morgan fingerprint density at radius 3 is 2.55 bits per heavy atom. The van der Waals surface area contributed by atoms with E-state index in [2.05, 4.69) is 24.1 Å². The molecule has 0 saturated carbocycles. The maximum Gasteiger partial charge on any atom is 0.334 e. The maximum absolute atomic E-state index is 13.4. The van der Waals surface area contributed by atoms with E-state index in [4.69, 9.17) is 23.5 Å². The number of aromatic amines is 1. The van der Waals surface area contributed by atoms with E-state index in [0.717, 1.165) is 23.0 Å². The van der Waals surface area contributed by atoms with Gasteiger partial charge in [-0.15, -0.1) is 0 Å². The largest absolute Gasteiger partial charge is 0.508 e. The van der Waals surface area contributed by atoms with Crippen molar-refractivity contribution in [3.8, 4) is 22.6 Å². The number of hydrogen-bond donors (Lipinski definition) is 6. The van der Waals surface area contributed by atoms with Gasteiger partial charge in [0, 0.05) is 17.6 Å². The number of aliphatic hydroxyl groups is 2. The monoisotopic (exact) mass is 705 g/mol. The molecule has 6 atom stereocenters. The normalized spacial score (nSPS) is 21.2. The summed E-state index contributed by atoms with van der Waals surface area (Å²) in [6.07, 6.45) is -1.09. The van der Waals surface area contributed by atoms with Crippen LogP contribution in [0.25, 0.3) is 33.0 Å². The molecule has 0 amide bonds. The standard InChI is InChI=1S/C36H39N3O12/c1-18(2)4-11-25-28-20(12-13-38-28)15-39(25)51-33-32(43)31(42)27(17-48-35(46)29(37-3)34(44)45)50-36(33)49-22-9-10-23-26(14-22)47-16-24(30(23)41)19-5-7-21(40)8-6-19/h5-10,12-16,18,27,29,31-33,36-38,40,42-43H,4,11,17H2,1-3H3,(H,44,45). The van der Waals surface area contributed by atoms with Gasteiger partial charge in [0.15, 0.2) is 5.43 Å². The second-order valence-electron chi connectivity index (χ2n) is 12.7. The SMILES string of the molecule is CNC(C(=O)O)C(=O)OCC1OC(Oc2ccc3c(=O)c(-c4ccc(O)cc4)coc3c2)C(On2cc3cc[nH]c3c2CCC(C)C)C(O)C1O. The Labute approximate surface area is 290 Å². The number of carbonyl (C=O) groups is 2. The fraction of sp³-hybridized carbons (Fsp3) is 0.361. The minimum Gasteiger partial charge on any atom is -0.508 e. The molecule has 15 heteroatoms. The summed E-state index contributed by atoms with van der Waals surface area (Å²) in [7, 11) is 1.28. The van der Waals surface area contributed by atoms with Gasteiger partial charge < -0.3 is 48.9 Å². The number of aromatic nitrogens is 2. The number of rotatable bonds is 13. The molecule has 51 heavy (non-hydrogen) atoms. The van der Waals surface area contributed by atoms with Gasteiger partial charge in [0.1, 0.15) is 48.3 Å². The summed E-state index contributed by atoms with van der Waals surface area (Å²) < 4.78 is 24.7. The van der Waals surface area contributed by atoms with Crippen LogP contribution in [0.3, 0.4) is 0 Å². The average molecular weight is 706 g/mol. The number of H-pyrrole nitrogens is 1. The van der Waals surface area contributed by atoms with Gasteiger partial charge in [0.05, 0.1) is 28.4 Å². The third-order valence-corrected chi connectivity index (χ3v) is 8.77. The molecule has 6 unspecified atom stereocenters. The Balaban J connectivity index is 1.30. The molecule has 2 aromatic carbocycles. The molecule has 1 fully saturated rings. The van der Waals surface area contributed by atoms with E-state index in [1.807, 2.05) is 12.3 Å². The number of aromatic hydroxyl groups is 1. The smallest absolute Gasteiger partial charge is 0.334 e. The van der Waals surface area contributed by atoms with Crippen molar-refractivity contribution in [1.82, 2.24) is 15.0 Å². The highest BCUT2D eigenvalue weighted by Gasteiger charge is 2.49. The lowest BCUT2D eigenvalue weighted by Gasteiger charge is -2.41. The van der Waals surface area contributed by atoms with Gasteiger partial charge in [-0.1, -0.05) is 26.0 Å². The topological polar surface area (TPSA) is 215 Å². The van der Waals surface area contributed by atoms with E-state index in [1.165, 1.54) is 48.4 Å². The van der Waals surface area contributed by atoms with Gasteiger partial charge in [-0.3, -0.25) is 10.1 Å². The summed E-state index contributed by atoms with van der Waals surface area (Å²) in [6, 6.07) is 10.8. The third kappa shape index (κ3) is 7.42. The van der Waals surface area contributed by atoms with E-state index in [0.29, 0.717) is 17.9 Å². The number of phenolic OH excluding ortho intramolecular Hbond substituents is 1. The molecule has 3 aromatic heterocycles. The van der Waals surface area contributed by atoms with E-state index in [-0.39, 0.29) is 33.5 Å². The number of carboxylic acid groups (broad SMARTS) is 1. The molecule has 5 aromatic rings. The molecule has 0 spiro atoms. The first-order valence-corrected chi connectivity index (χ1v) is 16.4. The minimum absolute atomic E-state index is 0.0551. The maximum atomic E-state index is 13.4. The summed E-state index contributed by atoms with van der Waals surface area (Å²) in [5, 5.41) is 44.9. The van der Waals surface area contributed by atoms with Crippen LogP contribution in [0.4, 0.5) is 0 Å². The van der Waals surface area contributed by atoms with Crippen molar-refractivity contribution in [3.05, 3.63) is 83.1 Å². The number of ether oxygens (including phenoxy) is 3. The lowest BCUT2D eigenvalue weighted by Crippen LogP contribution is -2.63. The number of fused-ring (bicyclic) bond motifs is 2. The summed E-state index contributed by atoms with van der Waals surface area (Å²) in [6.45, 7) is 3.58. The number of esters is 1. The minimum atomic E-state index is -1.66. The van der Waals surface area contributed by atoms with Gasteiger partial charge in [-0.05, 0) is 61.7 Å². The fourth-order valence-corrected chi connectivity index (χ4v) is 5.94. The lowest BCUT2D eigenvalue weighted by atomic mass is 9.99. The number of benzene rings is 2. The predicted molar refractivity (Wildman–Crippen MR) is 182 cm³/mol. The first-order chi connectivity index (χ1) is 24.4. The number of aryl methyl sites for hydroxylation is 1. The summed E-state index contributed by atoms with van der Waals surface area (Å²) >= 11 is 0. The Morgan fingerprint density at radius 2 is 1.84 bits per heavy atom. The number of carbonyl (C=O) groups excluding carboxylic acids is 1. The van der Waals surface area contributed by atoms with Crippen molar-refractivity contribution in [1.29, 1.82) is 0 Å². The number of nitrogens with one attached hydrogen (secondary N) is 2. The van der Waals surface area contributed by atoms with Gasteiger partial charge in [0.25, 0.3) is 0 Å². The average Bonchev–Trinajstić information content (AvgIpc) is 3.68. The number of hydrogen-bond acceptors (Lipinski definition) is 12. The Kier molecular flexibility index (Phi) is 10.3. The highest BCUT2D eigenvalue weighted by molar-refractivity contribution is 5.98. The van der Waals surface area contributed by atoms with Crippen LogP contribution in [0.15, 0.2) is 76.4 Å². The molecule has 1 aliphatic heterocycles. The molecule has 6 rings (SSSR count). The number of likely N-dealkylation sites (N-methyl/N-ethyl adjacent to an activating group) is 1. The van der Waals surface area contributed by atoms with E-state index >= 15 is 0 Å². The van der Waals surface area contributed by atoms with E-state index in [1.54, 1.807) is 18.3 Å². The molecular weight excluding hydrogens is 666 g/mol. The molecule has 6 N–H and O–H groups in total. The lowest BCUT2D eigenvalue weighted by molar-refractivity contribution is -0.288. The molecule has 1 saturated heterocycles. The molecule has 15 nitrogen and oxygen atoms in total. The van der Waals surface area contributed by atoms with Crippen LogP contribution in [0.2, 0.25) is 0 Å². The molecule has 1 aliphatic rings. The van der Waals surface area contributed by atoms with E-state index in [9.17, 15) is 34.8 Å². The van der Waals surface area contributed by atoms with Crippen molar-refractivity contribution in [2.24, 2.45) is 5.92 Å². The molecule has 0 bridgehead atoms. The van der Waals surface area contributed by atoms with Crippen molar-refractivity contribution in [3.63, 3.8) is 0 Å². The Morgan fingerprint density at radius 1 is 1.08 bits per heavy atom. The molecule has 0 aliphatic carbocycles. The van der Waals surface area contributed by atoms with Gasteiger partial charge in [-0.25, -0.2) is 9.59 Å². The number of carboxylic acids is 1. The Hall–Kier alpha value is -5.35. The van der Waals surface area contributed by atoms with Gasteiger partial charge in [0.2, 0.25) is 18.4 Å². The third-order valence-electron chi connectivity index (χ3n) is 8.77. The number of aliphatic hydroxyl groups excluding tert-OH is 2. The molecule has 4 heterocycles. The fourth-order valence-electron chi connectivity index (χ4n) is 5.94. The quantitative estimate of drug-likeness (QED) is 0.0769. The van der Waals surface area contributed by atoms with Crippen molar-refractivity contribution in [2.45, 2.75) is 63.4 Å². The number of nitrogens with zero attached hydrogens (tertiary/aromatic N) is 1. The van der Waals surface area contributed by atoms with Crippen molar-refractivity contribution in [2.75, 3.05) is 13.7 Å². The van der Waals surface area contributed by atoms with Crippen LogP contribution >= 0.6 is 0 Å². The highest BCUT2D eigenvalue weighted by atomic mass is 16.8. The van der Waals surface area contributed by atoms with Gasteiger partial charge in [-0.2, -0.15) is 4.73 Å². The van der Waals surface area contributed by atoms with E-state index < -0.39 is 55.3 Å². The first-order valence-electron chi connectivity index (χ1n) is 16.4. The zero-order valence-electron chi connectivity index (χ0n) is 28.0. The van der Waals surface area contributed by atoms with Crippen LogP contribution in [0.1, 0.15) is 26.0 Å². The zero-order valence-corrected chi connectivity index (χ0v) is 28.0. The van der Waals surface area contributed by atoms with Gasteiger partial charge >= 0.3 is 11.9 Å². The van der Waals surface area contributed by atoms with Crippen molar-refractivity contribution < 1.29 is 53.5 Å². The molecule has 0 radical (unpaired) electrons. The van der Waals surface area contributed by atoms with Crippen LogP contribution in [-0.2, 0) is 25.5 Å². The number of aliphatic carboxylic acids is 1. The number of phenols is 1. The summed E-state index contributed by atoms with van der Waals surface area (Å²) in [4.78, 5) is 46.8.